The standard InChI is InChI=1S/C26H39NO6/c1-13-10-25-14(2)8-18-19(24(18,3)4)17(21(25)30)9-16(12-28)20(29)26(25,32)22(13)33-23(31)27(5)11-15-6-7-15/h9-10,14-15,17-22,28-30,32H,6-8,11-12H2,1-5H3. The molecule has 3 fully saturated rings. The van der Waals surface area contributed by atoms with E-state index in [-0.39, 0.29) is 28.7 Å². The van der Waals surface area contributed by atoms with E-state index in [4.69, 9.17) is 4.74 Å². The van der Waals surface area contributed by atoms with Gasteiger partial charge in [0.1, 0.15) is 11.7 Å². The predicted octanol–water partition coefficient (Wildman–Crippen LogP) is 2.09. The van der Waals surface area contributed by atoms with Crippen LogP contribution in [0.1, 0.15) is 47.0 Å². The van der Waals surface area contributed by atoms with Crippen molar-refractivity contribution in [3.05, 3.63) is 23.3 Å². The SMILES string of the molecule is CC1=CC23C(C)CC4C(C(C=C(CO)C(O)C2(O)C1OC(=O)N(C)CC1CC1)C3O)C4(C)C. The van der Waals surface area contributed by atoms with Crippen molar-refractivity contribution in [1.29, 1.82) is 0 Å². The van der Waals surface area contributed by atoms with E-state index in [0.29, 0.717) is 24.0 Å². The van der Waals surface area contributed by atoms with Gasteiger partial charge in [0.2, 0.25) is 0 Å². The Hall–Kier alpha value is -1.41. The van der Waals surface area contributed by atoms with Gasteiger partial charge in [0.25, 0.3) is 0 Å². The number of rotatable bonds is 4. The second-order valence-corrected chi connectivity index (χ2v) is 12.1. The summed E-state index contributed by atoms with van der Waals surface area (Å²) in [5, 5.41) is 46.0. The van der Waals surface area contributed by atoms with Crippen LogP contribution >= 0.6 is 0 Å². The molecule has 7 nitrogen and oxygen atoms in total. The van der Waals surface area contributed by atoms with Crippen molar-refractivity contribution in [2.45, 2.75) is 70.9 Å². The molecule has 0 saturated heterocycles. The Morgan fingerprint density at radius 2 is 1.94 bits per heavy atom. The molecular weight excluding hydrogens is 422 g/mol. The summed E-state index contributed by atoms with van der Waals surface area (Å²) >= 11 is 0. The van der Waals surface area contributed by atoms with Gasteiger partial charge in [-0.05, 0) is 66.4 Å². The van der Waals surface area contributed by atoms with E-state index in [1.54, 1.807) is 20.0 Å². The fourth-order valence-corrected chi connectivity index (χ4v) is 7.86. The number of aliphatic hydroxyl groups excluding tert-OH is 3. The van der Waals surface area contributed by atoms with Gasteiger partial charge >= 0.3 is 6.09 Å². The number of aliphatic hydroxyl groups is 4. The van der Waals surface area contributed by atoms with E-state index in [0.717, 1.165) is 19.3 Å². The molecule has 7 heteroatoms. The van der Waals surface area contributed by atoms with Crippen molar-refractivity contribution in [3.8, 4) is 0 Å². The minimum absolute atomic E-state index is 0.0424. The first-order valence-corrected chi connectivity index (χ1v) is 12.4. The number of hydrogen-bond donors (Lipinski definition) is 4. The number of ether oxygens (including phenoxy) is 1. The minimum atomic E-state index is -1.98. The van der Waals surface area contributed by atoms with Crippen molar-refractivity contribution >= 4 is 6.09 Å². The van der Waals surface area contributed by atoms with Crippen LogP contribution in [0.2, 0.25) is 0 Å². The van der Waals surface area contributed by atoms with Crippen LogP contribution in [0.25, 0.3) is 0 Å². The monoisotopic (exact) mass is 461 g/mol. The molecule has 1 amide bonds. The number of amides is 1. The Labute approximate surface area is 196 Å². The van der Waals surface area contributed by atoms with E-state index in [1.165, 1.54) is 4.90 Å². The number of carbonyl (C=O) groups excluding carboxylic acids is 1. The largest absolute Gasteiger partial charge is 0.438 e. The molecule has 5 rings (SSSR count). The molecule has 1 spiro atoms. The van der Waals surface area contributed by atoms with Gasteiger partial charge in [0.05, 0.1) is 18.1 Å². The predicted molar refractivity (Wildman–Crippen MR) is 122 cm³/mol. The van der Waals surface area contributed by atoms with Crippen LogP contribution in [0.15, 0.2) is 23.3 Å². The van der Waals surface area contributed by atoms with Crippen molar-refractivity contribution in [3.63, 3.8) is 0 Å². The summed E-state index contributed by atoms with van der Waals surface area (Å²) < 4.78 is 5.90. The number of hydrogen-bond acceptors (Lipinski definition) is 6. The van der Waals surface area contributed by atoms with Gasteiger partial charge in [0, 0.05) is 19.5 Å². The first-order valence-electron chi connectivity index (χ1n) is 12.4. The maximum Gasteiger partial charge on any atom is 0.410 e. The summed E-state index contributed by atoms with van der Waals surface area (Å²) in [6, 6.07) is 0. The molecule has 0 aromatic rings. The van der Waals surface area contributed by atoms with E-state index in [2.05, 4.69) is 13.8 Å². The third-order valence-electron chi connectivity index (χ3n) is 9.92. The Morgan fingerprint density at radius 1 is 1.27 bits per heavy atom. The van der Waals surface area contributed by atoms with Crippen LogP contribution in [-0.2, 0) is 4.74 Å². The molecule has 3 saturated carbocycles. The topological polar surface area (TPSA) is 110 Å². The zero-order valence-corrected chi connectivity index (χ0v) is 20.4. The molecule has 0 heterocycles. The smallest absolute Gasteiger partial charge is 0.410 e. The normalized spacial score (nSPS) is 47.4. The zero-order valence-electron chi connectivity index (χ0n) is 20.4. The van der Waals surface area contributed by atoms with Gasteiger partial charge in [-0.25, -0.2) is 4.79 Å². The van der Waals surface area contributed by atoms with Crippen LogP contribution in [0.5, 0.6) is 0 Å². The molecule has 0 aliphatic heterocycles. The molecule has 0 aromatic heterocycles. The number of carbonyl (C=O) groups is 1. The lowest BCUT2D eigenvalue weighted by Crippen LogP contribution is -2.67. The number of nitrogens with zero attached hydrogens (tertiary/aromatic N) is 1. The summed E-state index contributed by atoms with van der Waals surface area (Å²) in [4.78, 5) is 14.5. The third-order valence-corrected chi connectivity index (χ3v) is 9.92. The highest BCUT2D eigenvalue weighted by Gasteiger charge is 2.76. The molecule has 0 aromatic carbocycles. The van der Waals surface area contributed by atoms with Gasteiger partial charge in [-0.3, -0.25) is 0 Å². The van der Waals surface area contributed by atoms with Gasteiger partial charge in [-0.1, -0.05) is 32.9 Å². The number of fused-ring (bicyclic) bond motifs is 3. The average molecular weight is 462 g/mol. The molecule has 5 aliphatic rings. The van der Waals surface area contributed by atoms with E-state index >= 15 is 0 Å². The first-order chi connectivity index (χ1) is 15.4. The summed E-state index contributed by atoms with van der Waals surface area (Å²) in [7, 11) is 1.69. The molecule has 33 heavy (non-hydrogen) atoms. The maximum absolute atomic E-state index is 13.0. The summed E-state index contributed by atoms with van der Waals surface area (Å²) in [5.74, 6) is 0.592. The fourth-order valence-electron chi connectivity index (χ4n) is 7.86. The lowest BCUT2D eigenvalue weighted by Gasteiger charge is -2.52. The van der Waals surface area contributed by atoms with E-state index in [9.17, 15) is 25.2 Å². The van der Waals surface area contributed by atoms with Crippen LogP contribution in [-0.4, -0.2) is 75.5 Å². The zero-order chi connectivity index (χ0) is 24.1. The quantitative estimate of drug-likeness (QED) is 0.477. The molecule has 184 valence electrons. The molecule has 5 aliphatic carbocycles. The molecule has 4 N–H and O–H groups in total. The lowest BCUT2D eigenvalue weighted by molar-refractivity contribution is -0.216. The molecular formula is C26H39NO6. The Bertz CT molecular complexity index is 908. The summed E-state index contributed by atoms with van der Waals surface area (Å²) in [5.41, 5.74) is -2.22. The van der Waals surface area contributed by atoms with Crippen molar-refractivity contribution in [2.24, 2.45) is 40.4 Å². The van der Waals surface area contributed by atoms with Crippen molar-refractivity contribution in [2.75, 3.05) is 20.2 Å². The van der Waals surface area contributed by atoms with Crippen LogP contribution in [0.4, 0.5) is 4.79 Å². The minimum Gasteiger partial charge on any atom is -0.438 e. The molecule has 2 bridgehead atoms. The van der Waals surface area contributed by atoms with Crippen molar-refractivity contribution in [1.82, 2.24) is 4.90 Å². The Kier molecular flexibility index (Phi) is 5.16. The van der Waals surface area contributed by atoms with Crippen LogP contribution < -0.4 is 0 Å². The maximum atomic E-state index is 13.0. The van der Waals surface area contributed by atoms with E-state index < -0.39 is 42.0 Å². The average Bonchev–Trinajstić information content (AvgIpc) is 3.65. The lowest BCUT2D eigenvalue weighted by atomic mass is 9.58. The Balaban J connectivity index is 1.58. The Morgan fingerprint density at radius 3 is 2.55 bits per heavy atom. The highest BCUT2D eigenvalue weighted by Crippen LogP contribution is 2.72. The van der Waals surface area contributed by atoms with Crippen molar-refractivity contribution < 1.29 is 30.0 Å². The molecule has 9 atom stereocenters. The third kappa shape index (κ3) is 2.98. The van der Waals surface area contributed by atoms with Crippen LogP contribution in [0, 0.1) is 40.4 Å². The second kappa shape index (κ2) is 7.30. The van der Waals surface area contributed by atoms with E-state index in [1.807, 2.05) is 13.0 Å². The highest BCUT2D eigenvalue weighted by atomic mass is 16.6. The molecule has 9 unspecified atom stereocenters. The highest BCUT2D eigenvalue weighted by molar-refractivity contribution is 5.68. The molecule has 0 radical (unpaired) electrons. The summed E-state index contributed by atoms with van der Waals surface area (Å²) in [6.45, 7) is 8.38. The van der Waals surface area contributed by atoms with Crippen LogP contribution in [0.3, 0.4) is 0 Å². The first kappa shape index (κ1) is 23.3. The van der Waals surface area contributed by atoms with Gasteiger partial charge in [0.15, 0.2) is 6.10 Å². The fraction of sp³-hybridized carbons (Fsp3) is 0.808. The van der Waals surface area contributed by atoms with Gasteiger partial charge < -0.3 is 30.1 Å². The second-order valence-electron chi connectivity index (χ2n) is 12.1. The van der Waals surface area contributed by atoms with Gasteiger partial charge in [-0.15, -0.1) is 0 Å². The van der Waals surface area contributed by atoms with Gasteiger partial charge in [-0.2, -0.15) is 0 Å². The summed E-state index contributed by atoms with van der Waals surface area (Å²) in [6.07, 6.45) is 2.54.